The van der Waals surface area contributed by atoms with Crippen LogP contribution in [0.5, 0.6) is 0 Å². The molecule has 1 rings (SSSR count). The smallest absolute Gasteiger partial charge is 0.0641 e. The molecular formula is C13H23N3O2. The van der Waals surface area contributed by atoms with Gasteiger partial charge < -0.3 is 20.1 Å². The molecule has 18 heavy (non-hydrogen) atoms. The zero-order valence-electron chi connectivity index (χ0n) is 11.3. The van der Waals surface area contributed by atoms with Gasteiger partial charge in [0.1, 0.15) is 0 Å². The molecule has 0 aromatic carbocycles. The van der Waals surface area contributed by atoms with E-state index < -0.39 is 0 Å². The van der Waals surface area contributed by atoms with Crippen molar-refractivity contribution in [3.63, 3.8) is 0 Å². The van der Waals surface area contributed by atoms with Crippen LogP contribution in [0.3, 0.4) is 0 Å². The summed E-state index contributed by atoms with van der Waals surface area (Å²) in [5.74, 6) is 0. The third-order valence-electron chi connectivity index (χ3n) is 2.53. The molecule has 2 N–H and O–H groups in total. The van der Waals surface area contributed by atoms with Crippen molar-refractivity contribution in [3.8, 4) is 0 Å². The predicted octanol–water partition coefficient (Wildman–Crippen LogP) is 1.54. The van der Waals surface area contributed by atoms with Gasteiger partial charge in [0.05, 0.1) is 30.8 Å². The van der Waals surface area contributed by atoms with Crippen molar-refractivity contribution in [2.75, 3.05) is 50.2 Å². The molecule has 0 aliphatic heterocycles. The molecule has 0 radical (unpaired) electrons. The second-order valence-corrected chi connectivity index (χ2v) is 3.86. The van der Waals surface area contributed by atoms with Crippen LogP contribution in [-0.4, -0.2) is 44.5 Å². The number of anilines is 2. The van der Waals surface area contributed by atoms with Crippen molar-refractivity contribution in [3.05, 3.63) is 18.5 Å². The molecule has 1 aromatic heterocycles. The minimum Gasteiger partial charge on any atom is -0.397 e. The van der Waals surface area contributed by atoms with E-state index in [9.17, 15) is 0 Å². The average molecular weight is 253 g/mol. The van der Waals surface area contributed by atoms with Crippen LogP contribution in [0.1, 0.15) is 13.8 Å². The van der Waals surface area contributed by atoms with Crippen molar-refractivity contribution in [2.24, 2.45) is 0 Å². The number of rotatable bonds is 9. The van der Waals surface area contributed by atoms with Gasteiger partial charge in [0.2, 0.25) is 0 Å². The lowest BCUT2D eigenvalue weighted by molar-refractivity contribution is 0.141. The highest BCUT2D eigenvalue weighted by Gasteiger charge is 2.07. The van der Waals surface area contributed by atoms with Gasteiger partial charge in [-0.15, -0.1) is 0 Å². The summed E-state index contributed by atoms with van der Waals surface area (Å²) in [5, 5.41) is 0. The molecule has 0 fully saturated rings. The molecule has 0 saturated heterocycles. The Kier molecular flexibility index (Phi) is 7.13. The zero-order chi connectivity index (χ0) is 13.2. The van der Waals surface area contributed by atoms with Crippen LogP contribution < -0.4 is 10.6 Å². The summed E-state index contributed by atoms with van der Waals surface area (Å²) in [5.41, 5.74) is 7.43. The van der Waals surface area contributed by atoms with Gasteiger partial charge in [-0.25, -0.2) is 0 Å². The monoisotopic (exact) mass is 253 g/mol. The molecule has 0 spiro atoms. The number of nitrogen functional groups attached to an aromatic ring is 1. The van der Waals surface area contributed by atoms with Crippen molar-refractivity contribution < 1.29 is 9.47 Å². The molecular weight excluding hydrogens is 230 g/mol. The van der Waals surface area contributed by atoms with E-state index in [0.29, 0.717) is 18.9 Å². The van der Waals surface area contributed by atoms with Gasteiger partial charge in [-0.1, -0.05) is 0 Å². The van der Waals surface area contributed by atoms with E-state index in [0.717, 1.165) is 32.0 Å². The maximum absolute atomic E-state index is 5.75. The SMILES string of the molecule is CCOCCN(CCOCC)c1cncc(N)c1. The molecule has 0 bridgehead atoms. The van der Waals surface area contributed by atoms with E-state index in [4.69, 9.17) is 15.2 Å². The fraction of sp³-hybridized carbons (Fsp3) is 0.615. The van der Waals surface area contributed by atoms with Crippen LogP contribution >= 0.6 is 0 Å². The van der Waals surface area contributed by atoms with Crippen molar-refractivity contribution in [1.82, 2.24) is 4.98 Å². The van der Waals surface area contributed by atoms with Gasteiger partial charge in [0, 0.05) is 32.5 Å². The Morgan fingerprint density at radius 1 is 1.11 bits per heavy atom. The summed E-state index contributed by atoms with van der Waals surface area (Å²) < 4.78 is 10.8. The van der Waals surface area contributed by atoms with Crippen LogP contribution in [0.2, 0.25) is 0 Å². The van der Waals surface area contributed by atoms with Crippen LogP contribution in [0.15, 0.2) is 18.5 Å². The van der Waals surface area contributed by atoms with E-state index in [1.54, 1.807) is 6.20 Å². The Morgan fingerprint density at radius 3 is 2.22 bits per heavy atom. The molecule has 0 aliphatic rings. The highest BCUT2D eigenvalue weighted by Crippen LogP contribution is 2.15. The van der Waals surface area contributed by atoms with Gasteiger partial charge in [-0.2, -0.15) is 0 Å². The van der Waals surface area contributed by atoms with Crippen LogP contribution in [0.4, 0.5) is 11.4 Å². The Balaban J connectivity index is 2.57. The Bertz CT molecular complexity index is 324. The standard InChI is InChI=1S/C13H23N3O2/c1-3-17-7-5-16(6-8-18-4-2)13-9-12(14)10-15-11-13/h9-11H,3-8,14H2,1-2H3. The number of pyridine rings is 1. The molecule has 5 nitrogen and oxygen atoms in total. The molecule has 0 aliphatic carbocycles. The molecule has 5 heteroatoms. The van der Waals surface area contributed by atoms with Gasteiger partial charge in [0.15, 0.2) is 0 Å². The quantitative estimate of drug-likeness (QED) is 0.676. The fourth-order valence-electron chi connectivity index (χ4n) is 1.63. The van der Waals surface area contributed by atoms with Gasteiger partial charge in [-0.05, 0) is 19.9 Å². The zero-order valence-corrected chi connectivity index (χ0v) is 11.3. The number of nitrogens with two attached hydrogens (primary N) is 1. The first-order valence-corrected chi connectivity index (χ1v) is 6.38. The number of aromatic nitrogens is 1. The highest BCUT2D eigenvalue weighted by molar-refractivity contribution is 5.53. The summed E-state index contributed by atoms with van der Waals surface area (Å²) in [7, 11) is 0. The third-order valence-corrected chi connectivity index (χ3v) is 2.53. The highest BCUT2D eigenvalue weighted by atomic mass is 16.5. The second kappa shape index (κ2) is 8.72. The summed E-state index contributed by atoms with van der Waals surface area (Å²) in [6.45, 7) is 8.45. The minimum absolute atomic E-state index is 0.672. The predicted molar refractivity (Wildman–Crippen MR) is 73.8 cm³/mol. The summed E-state index contributed by atoms with van der Waals surface area (Å²) in [6, 6.07) is 1.92. The lowest BCUT2D eigenvalue weighted by atomic mass is 10.3. The van der Waals surface area contributed by atoms with Crippen LogP contribution in [0, 0.1) is 0 Å². The third kappa shape index (κ3) is 5.33. The normalized spacial score (nSPS) is 10.6. The van der Waals surface area contributed by atoms with Crippen molar-refractivity contribution >= 4 is 11.4 Å². The molecule has 0 saturated carbocycles. The van der Waals surface area contributed by atoms with E-state index >= 15 is 0 Å². The lowest BCUT2D eigenvalue weighted by Gasteiger charge is -2.24. The molecule has 0 unspecified atom stereocenters. The molecule has 1 aromatic rings. The van der Waals surface area contributed by atoms with Crippen molar-refractivity contribution in [1.29, 1.82) is 0 Å². The first-order valence-electron chi connectivity index (χ1n) is 6.38. The van der Waals surface area contributed by atoms with Gasteiger partial charge in [-0.3, -0.25) is 4.98 Å². The number of hydrogen-bond acceptors (Lipinski definition) is 5. The number of nitrogens with zero attached hydrogens (tertiary/aromatic N) is 2. The summed E-state index contributed by atoms with van der Waals surface area (Å²) in [6.07, 6.45) is 3.46. The van der Waals surface area contributed by atoms with E-state index in [1.807, 2.05) is 26.1 Å². The number of hydrogen-bond donors (Lipinski definition) is 1. The number of ether oxygens (including phenoxy) is 2. The average Bonchev–Trinajstić information content (AvgIpc) is 2.37. The largest absolute Gasteiger partial charge is 0.397 e. The summed E-state index contributed by atoms with van der Waals surface area (Å²) >= 11 is 0. The van der Waals surface area contributed by atoms with E-state index in [1.165, 1.54) is 0 Å². The summed E-state index contributed by atoms with van der Waals surface area (Å²) in [4.78, 5) is 6.29. The Morgan fingerprint density at radius 2 is 1.72 bits per heavy atom. The second-order valence-electron chi connectivity index (χ2n) is 3.86. The van der Waals surface area contributed by atoms with Gasteiger partial charge >= 0.3 is 0 Å². The molecule has 0 atom stereocenters. The lowest BCUT2D eigenvalue weighted by Crippen LogP contribution is -2.31. The van der Waals surface area contributed by atoms with Crippen LogP contribution in [-0.2, 0) is 9.47 Å². The van der Waals surface area contributed by atoms with Gasteiger partial charge in [0.25, 0.3) is 0 Å². The molecule has 0 amide bonds. The molecule has 1 heterocycles. The minimum atomic E-state index is 0.672. The van der Waals surface area contributed by atoms with Crippen LogP contribution in [0.25, 0.3) is 0 Å². The topological polar surface area (TPSA) is 60.6 Å². The maximum Gasteiger partial charge on any atom is 0.0641 e. The maximum atomic E-state index is 5.75. The first-order chi connectivity index (χ1) is 8.77. The Hall–Kier alpha value is -1.33. The molecule has 102 valence electrons. The van der Waals surface area contributed by atoms with E-state index in [-0.39, 0.29) is 0 Å². The van der Waals surface area contributed by atoms with E-state index in [2.05, 4.69) is 9.88 Å². The van der Waals surface area contributed by atoms with Crippen molar-refractivity contribution in [2.45, 2.75) is 13.8 Å². The fourth-order valence-corrected chi connectivity index (χ4v) is 1.63. The Labute approximate surface area is 109 Å². The first kappa shape index (κ1) is 14.7.